The highest BCUT2D eigenvalue weighted by Crippen LogP contribution is 2.21. The molecule has 0 atom stereocenters. The molecule has 0 fully saturated rings. The third-order valence-electron chi connectivity index (χ3n) is 1.61. The van der Waals surface area contributed by atoms with Gasteiger partial charge in [0.1, 0.15) is 0 Å². The average molecular weight is 180 g/mol. The van der Waals surface area contributed by atoms with Crippen molar-refractivity contribution in [2.45, 2.75) is 26.2 Å². The van der Waals surface area contributed by atoms with Crippen LogP contribution in [0.5, 0.6) is 0 Å². The summed E-state index contributed by atoms with van der Waals surface area (Å²) in [6.45, 7) is 5.72. The first-order valence-corrected chi connectivity index (χ1v) is 3.97. The van der Waals surface area contributed by atoms with Gasteiger partial charge >= 0.3 is 5.97 Å². The molecule has 1 N–H and O–H groups in total. The molecule has 1 rings (SSSR count). The normalized spacial score (nSPS) is 11.3. The van der Waals surface area contributed by atoms with Crippen LogP contribution in [0.25, 0.3) is 0 Å². The SMILES string of the molecule is CC(C)(C)c1nccnc1C(=O)O. The van der Waals surface area contributed by atoms with Crippen LogP contribution in [-0.4, -0.2) is 21.0 Å². The van der Waals surface area contributed by atoms with Crippen LogP contribution >= 0.6 is 0 Å². The number of aromatic carboxylic acids is 1. The van der Waals surface area contributed by atoms with E-state index in [4.69, 9.17) is 5.11 Å². The fourth-order valence-corrected chi connectivity index (χ4v) is 1.04. The first-order valence-electron chi connectivity index (χ1n) is 3.97. The standard InChI is InChI=1S/C9H12N2O2/c1-9(2,3)7-6(8(12)13)10-4-5-11-7/h4-5H,1-3H3,(H,12,13). The zero-order valence-electron chi connectivity index (χ0n) is 7.90. The van der Waals surface area contributed by atoms with Crippen LogP contribution in [-0.2, 0) is 5.41 Å². The molecule has 0 aliphatic rings. The van der Waals surface area contributed by atoms with E-state index < -0.39 is 5.97 Å². The van der Waals surface area contributed by atoms with Crippen LogP contribution in [0.15, 0.2) is 12.4 Å². The van der Waals surface area contributed by atoms with Gasteiger partial charge in [0.15, 0.2) is 5.69 Å². The van der Waals surface area contributed by atoms with E-state index in [0.717, 1.165) is 0 Å². The van der Waals surface area contributed by atoms with Gasteiger partial charge in [0, 0.05) is 17.8 Å². The Bertz CT molecular complexity index is 329. The van der Waals surface area contributed by atoms with Gasteiger partial charge in [-0.05, 0) is 0 Å². The molecule has 0 aromatic carbocycles. The highest BCUT2D eigenvalue weighted by Gasteiger charge is 2.23. The minimum atomic E-state index is -1.03. The zero-order chi connectivity index (χ0) is 10.1. The number of aromatic nitrogens is 2. The van der Waals surface area contributed by atoms with Crippen molar-refractivity contribution in [3.8, 4) is 0 Å². The second-order valence-corrected chi connectivity index (χ2v) is 3.81. The Morgan fingerprint density at radius 2 is 1.85 bits per heavy atom. The van der Waals surface area contributed by atoms with Gasteiger partial charge in [0.25, 0.3) is 0 Å². The van der Waals surface area contributed by atoms with E-state index in [0.29, 0.717) is 5.69 Å². The number of rotatable bonds is 1. The summed E-state index contributed by atoms with van der Waals surface area (Å²) < 4.78 is 0. The fraction of sp³-hybridized carbons (Fsp3) is 0.444. The van der Waals surface area contributed by atoms with Crippen molar-refractivity contribution in [1.82, 2.24) is 9.97 Å². The predicted octanol–water partition coefficient (Wildman–Crippen LogP) is 1.47. The molecular formula is C9H12N2O2. The summed E-state index contributed by atoms with van der Waals surface area (Å²) in [7, 11) is 0. The van der Waals surface area contributed by atoms with Gasteiger partial charge in [-0.25, -0.2) is 9.78 Å². The van der Waals surface area contributed by atoms with Gasteiger partial charge < -0.3 is 5.11 Å². The highest BCUT2D eigenvalue weighted by molar-refractivity contribution is 5.86. The molecule has 0 saturated carbocycles. The van der Waals surface area contributed by atoms with Crippen molar-refractivity contribution in [1.29, 1.82) is 0 Å². The van der Waals surface area contributed by atoms with E-state index in [1.807, 2.05) is 20.8 Å². The van der Waals surface area contributed by atoms with Gasteiger partial charge in [-0.3, -0.25) is 4.98 Å². The molecular weight excluding hydrogens is 168 g/mol. The second-order valence-electron chi connectivity index (χ2n) is 3.81. The number of carboxylic acid groups (broad SMARTS) is 1. The zero-order valence-corrected chi connectivity index (χ0v) is 7.90. The van der Waals surface area contributed by atoms with Crippen LogP contribution < -0.4 is 0 Å². The molecule has 0 unspecified atom stereocenters. The Kier molecular flexibility index (Phi) is 2.32. The molecule has 0 amide bonds. The van der Waals surface area contributed by atoms with Gasteiger partial charge in [-0.1, -0.05) is 20.8 Å². The second kappa shape index (κ2) is 3.12. The minimum Gasteiger partial charge on any atom is -0.476 e. The topological polar surface area (TPSA) is 63.1 Å². The van der Waals surface area contributed by atoms with E-state index in [1.165, 1.54) is 12.4 Å². The Morgan fingerprint density at radius 3 is 2.23 bits per heavy atom. The molecule has 1 aromatic heterocycles. The van der Waals surface area contributed by atoms with Crippen molar-refractivity contribution < 1.29 is 9.90 Å². The maximum atomic E-state index is 10.8. The van der Waals surface area contributed by atoms with Gasteiger partial charge in [0.05, 0.1) is 5.69 Å². The molecule has 1 aromatic rings. The summed E-state index contributed by atoms with van der Waals surface area (Å²) in [6.07, 6.45) is 2.89. The molecule has 0 saturated heterocycles. The maximum Gasteiger partial charge on any atom is 0.356 e. The van der Waals surface area contributed by atoms with E-state index in [1.54, 1.807) is 0 Å². The summed E-state index contributed by atoms with van der Waals surface area (Å²) in [6, 6.07) is 0. The van der Waals surface area contributed by atoms with Crippen molar-refractivity contribution in [3.63, 3.8) is 0 Å². The number of carbonyl (C=O) groups is 1. The largest absolute Gasteiger partial charge is 0.476 e. The lowest BCUT2D eigenvalue weighted by atomic mass is 9.90. The molecule has 4 heteroatoms. The Balaban J connectivity index is 3.28. The quantitative estimate of drug-likeness (QED) is 0.710. The lowest BCUT2D eigenvalue weighted by Gasteiger charge is -2.18. The summed E-state index contributed by atoms with van der Waals surface area (Å²) in [5.74, 6) is -1.03. The van der Waals surface area contributed by atoms with Crippen LogP contribution in [0, 0.1) is 0 Å². The predicted molar refractivity (Wildman–Crippen MR) is 47.7 cm³/mol. The number of hydrogen-bond acceptors (Lipinski definition) is 3. The minimum absolute atomic E-state index is 0.0370. The van der Waals surface area contributed by atoms with Crippen molar-refractivity contribution in [3.05, 3.63) is 23.8 Å². The lowest BCUT2D eigenvalue weighted by Crippen LogP contribution is -2.20. The Labute approximate surface area is 76.7 Å². The van der Waals surface area contributed by atoms with Gasteiger partial charge in [-0.15, -0.1) is 0 Å². The van der Waals surface area contributed by atoms with E-state index in [2.05, 4.69) is 9.97 Å². The molecule has 0 spiro atoms. The van der Waals surface area contributed by atoms with Crippen LogP contribution in [0.3, 0.4) is 0 Å². The molecule has 1 heterocycles. The molecule has 70 valence electrons. The highest BCUT2D eigenvalue weighted by atomic mass is 16.4. The van der Waals surface area contributed by atoms with Crippen LogP contribution in [0.2, 0.25) is 0 Å². The Hall–Kier alpha value is -1.45. The van der Waals surface area contributed by atoms with E-state index >= 15 is 0 Å². The molecule has 4 nitrogen and oxygen atoms in total. The molecule has 13 heavy (non-hydrogen) atoms. The summed E-state index contributed by atoms with van der Waals surface area (Å²) >= 11 is 0. The van der Waals surface area contributed by atoms with Crippen molar-refractivity contribution in [2.75, 3.05) is 0 Å². The third-order valence-corrected chi connectivity index (χ3v) is 1.61. The monoisotopic (exact) mass is 180 g/mol. The average Bonchev–Trinajstić information content (AvgIpc) is 2.03. The molecule has 0 bridgehead atoms. The lowest BCUT2D eigenvalue weighted by molar-refractivity contribution is 0.0686. The van der Waals surface area contributed by atoms with Crippen molar-refractivity contribution >= 4 is 5.97 Å². The summed E-state index contributed by atoms with van der Waals surface area (Å²) in [4.78, 5) is 18.6. The summed E-state index contributed by atoms with van der Waals surface area (Å²) in [5.41, 5.74) is 0.264. The molecule has 0 radical (unpaired) electrons. The maximum absolute atomic E-state index is 10.8. The van der Waals surface area contributed by atoms with Crippen LogP contribution in [0.4, 0.5) is 0 Å². The van der Waals surface area contributed by atoms with Crippen LogP contribution in [0.1, 0.15) is 37.0 Å². The number of carboxylic acids is 1. The smallest absolute Gasteiger partial charge is 0.356 e. The van der Waals surface area contributed by atoms with E-state index in [-0.39, 0.29) is 11.1 Å². The van der Waals surface area contributed by atoms with Gasteiger partial charge in [-0.2, -0.15) is 0 Å². The third kappa shape index (κ3) is 2.02. The van der Waals surface area contributed by atoms with Gasteiger partial charge in [0.2, 0.25) is 0 Å². The molecule has 0 aliphatic heterocycles. The molecule has 0 aliphatic carbocycles. The first kappa shape index (κ1) is 9.64. The number of hydrogen-bond donors (Lipinski definition) is 1. The number of nitrogens with zero attached hydrogens (tertiary/aromatic N) is 2. The first-order chi connectivity index (χ1) is 5.93. The fourth-order valence-electron chi connectivity index (χ4n) is 1.04. The Morgan fingerprint density at radius 1 is 1.31 bits per heavy atom. The summed E-state index contributed by atoms with van der Waals surface area (Å²) in [5, 5.41) is 8.83. The van der Waals surface area contributed by atoms with Crippen molar-refractivity contribution in [2.24, 2.45) is 0 Å². The van der Waals surface area contributed by atoms with E-state index in [9.17, 15) is 4.79 Å².